The van der Waals surface area contributed by atoms with Gasteiger partial charge in [0, 0.05) is 0 Å². The van der Waals surface area contributed by atoms with Crippen molar-refractivity contribution in [3.05, 3.63) is 209 Å². The van der Waals surface area contributed by atoms with Crippen LogP contribution in [0.1, 0.15) is 43.0 Å². The molecule has 0 aliphatic heterocycles. The third-order valence-electron chi connectivity index (χ3n) is 10.9. The van der Waals surface area contributed by atoms with Crippen LogP contribution in [0.2, 0.25) is 0 Å². The Hall–Kier alpha value is -5.75. The fraction of sp³-hybridized carbons (Fsp3) is 0.120. The van der Waals surface area contributed by atoms with Crippen molar-refractivity contribution in [3.63, 3.8) is 0 Å². The Labute approximate surface area is 354 Å². The third-order valence-corrected chi connectivity index (χ3v) is 19.9. The minimum absolute atomic E-state index is 0.580. The van der Waals surface area contributed by atoms with Gasteiger partial charge in [-0.05, 0) is 140 Å². The third kappa shape index (κ3) is 10.2. The van der Waals surface area contributed by atoms with Crippen LogP contribution in [0.15, 0.2) is 181 Å². The second-order valence-corrected chi connectivity index (χ2v) is 23.1. The number of carboxylic acids is 2. The van der Waals surface area contributed by atoms with E-state index in [9.17, 15) is 28.2 Å². The van der Waals surface area contributed by atoms with Crippen molar-refractivity contribution in [2.75, 3.05) is 13.3 Å². The van der Waals surface area contributed by atoms with Gasteiger partial charge in [0.25, 0.3) is 10.1 Å². The van der Waals surface area contributed by atoms with Crippen molar-refractivity contribution < 1.29 is 32.8 Å². The molecule has 0 saturated heterocycles. The molecule has 7 nitrogen and oxygen atoms in total. The molecule has 60 heavy (non-hydrogen) atoms. The molecule has 7 aromatic carbocycles. The predicted octanol–water partition coefficient (Wildman–Crippen LogP) is 6.11. The van der Waals surface area contributed by atoms with Crippen molar-refractivity contribution >= 4 is 68.4 Å². The van der Waals surface area contributed by atoms with Gasteiger partial charge in [0.05, 0.1) is 30.2 Å². The molecule has 0 heterocycles. The van der Waals surface area contributed by atoms with E-state index in [4.69, 9.17) is 4.55 Å². The first-order valence-electron chi connectivity index (χ1n) is 19.1. The number of carbonyl (C=O) groups is 2. The molecule has 0 amide bonds. The van der Waals surface area contributed by atoms with Crippen LogP contribution in [0.4, 0.5) is 0 Å². The fourth-order valence-corrected chi connectivity index (χ4v) is 15.0. The SMILES string of the molecule is Cc1cccc([P+](C)(c2ccccc2)c2ccccc2)c1C.Cc1cccc([P+](C)(c2ccccc2)c2ccccc2)c1C.O=C([O-])c1cc(C(=O)[O-])cc(S(=O)(=O)O)c1. The smallest absolute Gasteiger partial charge is 0.294 e. The molecule has 0 atom stereocenters. The molecule has 0 fully saturated rings. The van der Waals surface area contributed by atoms with Gasteiger partial charge in [-0.2, -0.15) is 8.42 Å². The first kappa shape index (κ1) is 45.3. The highest BCUT2D eigenvalue weighted by Gasteiger charge is 2.42. The zero-order chi connectivity index (χ0) is 43.7. The van der Waals surface area contributed by atoms with Crippen LogP contribution in [0, 0.1) is 27.7 Å². The maximum Gasteiger partial charge on any atom is 0.294 e. The lowest BCUT2D eigenvalue weighted by atomic mass is 10.1. The maximum atomic E-state index is 10.7. The summed E-state index contributed by atoms with van der Waals surface area (Å²) in [5.74, 6) is -3.54. The predicted molar refractivity (Wildman–Crippen MR) is 246 cm³/mol. The van der Waals surface area contributed by atoms with Crippen LogP contribution < -0.4 is 42.0 Å². The summed E-state index contributed by atoms with van der Waals surface area (Å²) < 4.78 is 30.1. The monoisotopic (exact) mass is 854 g/mol. The molecule has 0 aliphatic carbocycles. The zero-order valence-corrected chi connectivity index (χ0v) is 37.0. The number of hydrogen-bond donors (Lipinski definition) is 1. The lowest BCUT2D eigenvalue weighted by Crippen LogP contribution is -2.31. The van der Waals surface area contributed by atoms with Gasteiger partial charge in [-0.3, -0.25) is 4.55 Å². The summed E-state index contributed by atoms with van der Waals surface area (Å²) in [5, 5.41) is 29.6. The second-order valence-electron chi connectivity index (χ2n) is 14.6. The molecule has 0 radical (unpaired) electrons. The Bertz CT molecular complexity index is 2440. The summed E-state index contributed by atoms with van der Waals surface area (Å²) in [4.78, 5) is 20.1. The quantitative estimate of drug-likeness (QED) is 0.137. The molecule has 0 aliphatic rings. The van der Waals surface area contributed by atoms with Crippen molar-refractivity contribution in [1.29, 1.82) is 0 Å². The molecule has 7 rings (SSSR count). The molecule has 7 aromatic rings. The minimum Gasteiger partial charge on any atom is -0.545 e. The van der Waals surface area contributed by atoms with Crippen LogP contribution in [-0.2, 0) is 10.1 Å². The zero-order valence-electron chi connectivity index (χ0n) is 34.4. The number of hydrogen-bond acceptors (Lipinski definition) is 6. The van der Waals surface area contributed by atoms with E-state index in [2.05, 4.69) is 199 Å². The number of carbonyl (C=O) groups excluding carboxylic acids is 2. The maximum absolute atomic E-state index is 10.7. The first-order chi connectivity index (χ1) is 28.5. The Balaban J connectivity index is 0.000000174. The highest BCUT2D eigenvalue weighted by atomic mass is 32.2. The number of carboxylic acid groups (broad SMARTS) is 2. The van der Waals surface area contributed by atoms with E-state index in [0.717, 1.165) is 0 Å². The number of aromatic carboxylic acids is 2. The lowest BCUT2D eigenvalue weighted by molar-refractivity contribution is -0.255. The molecule has 1 N–H and O–H groups in total. The topological polar surface area (TPSA) is 135 Å². The Morgan fingerprint density at radius 2 is 0.733 bits per heavy atom. The van der Waals surface area contributed by atoms with E-state index < -0.39 is 52.6 Å². The Kier molecular flexibility index (Phi) is 14.8. The summed E-state index contributed by atoms with van der Waals surface area (Å²) in [6.07, 6.45) is 0. The molecule has 0 spiro atoms. The van der Waals surface area contributed by atoms with Gasteiger partial charge in [0.1, 0.15) is 46.4 Å². The first-order valence-corrected chi connectivity index (χ1v) is 25.0. The van der Waals surface area contributed by atoms with Crippen LogP contribution in [-0.4, -0.2) is 38.2 Å². The van der Waals surface area contributed by atoms with E-state index in [1.165, 1.54) is 54.1 Å². The molecule has 10 heteroatoms. The number of aryl methyl sites for hydroxylation is 2. The summed E-state index contributed by atoms with van der Waals surface area (Å²) >= 11 is 0. The standard InChI is InChI=1S/2C21H22P.C8H6O7S/c2*1-17-11-10-16-21(18(17)2)22(3,19-12-6-4-7-13-19)20-14-8-5-9-15-20;9-7(10)4-1-5(8(11)12)3-6(2-4)16(13,14)15/h2*4-16H,1-3H3;1-3H,(H,9,10)(H,11,12)(H,13,14,15)/q2*+1;/p-2. The lowest BCUT2D eigenvalue weighted by Gasteiger charge is -2.25. The van der Waals surface area contributed by atoms with Crippen LogP contribution in [0.25, 0.3) is 0 Å². The highest BCUT2D eigenvalue weighted by Crippen LogP contribution is 2.53. The molecular weight excluding hydrogens is 807 g/mol. The largest absolute Gasteiger partial charge is 0.545 e. The van der Waals surface area contributed by atoms with Gasteiger partial charge in [0.2, 0.25) is 0 Å². The average Bonchev–Trinajstić information content (AvgIpc) is 3.26. The van der Waals surface area contributed by atoms with Gasteiger partial charge < -0.3 is 19.8 Å². The van der Waals surface area contributed by atoms with Crippen molar-refractivity contribution in [1.82, 2.24) is 0 Å². The van der Waals surface area contributed by atoms with E-state index in [1.54, 1.807) is 0 Å². The van der Waals surface area contributed by atoms with E-state index in [-0.39, 0.29) is 0 Å². The summed E-state index contributed by atoms with van der Waals surface area (Å²) in [6.45, 7) is 13.8. The molecular formula is C50H48O7P2S. The molecule has 0 saturated carbocycles. The van der Waals surface area contributed by atoms with Gasteiger partial charge in [-0.25, -0.2) is 0 Å². The van der Waals surface area contributed by atoms with Crippen molar-refractivity contribution in [3.8, 4) is 0 Å². The number of rotatable bonds is 9. The molecule has 0 unspecified atom stereocenters. The van der Waals surface area contributed by atoms with Crippen molar-refractivity contribution in [2.24, 2.45) is 0 Å². The highest BCUT2D eigenvalue weighted by molar-refractivity contribution is 7.95. The van der Waals surface area contributed by atoms with Crippen LogP contribution in [0.5, 0.6) is 0 Å². The summed E-state index contributed by atoms with van der Waals surface area (Å²) in [7, 11) is -7.88. The van der Waals surface area contributed by atoms with Gasteiger partial charge >= 0.3 is 0 Å². The molecule has 0 bridgehead atoms. The van der Waals surface area contributed by atoms with E-state index in [0.29, 0.717) is 18.2 Å². The fourth-order valence-electron chi connectivity index (χ4n) is 7.18. The van der Waals surface area contributed by atoms with E-state index in [1.807, 2.05) is 0 Å². The Morgan fingerprint density at radius 1 is 0.450 bits per heavy atom. The van der Waals surface area contributed by atoms with Crippen LogP contribution in [0.3, 0.4) is 0 Å². The van der Waals surface area contributed by atoms with E-state index >= 15 is 0 Å². The molecule has 306 valence electrons. The second kappa shape index (κ2) is 19.5. The number of benzene rings is 7. The Morgan fingerprint density at radius 3 is 0.983 bits per heavy atom. The van der Waals surface area contributed by atoms with Gasteiger partial charge in [-0.15, -0.1) is 0 Å². The summed E-state index contributed by atoms with van der Waals surface area (Å²) in [6, 6.07) is 59.1. The van der Waals surface area contributed by atoms with Crippen molar-refractivity contribution in [2.45, 2.75) is 32.6 Å². The summed E-state index contributed by atoms with van der Waals surface area (Å²) in [5.41, 5.74) is 4.21. The molecule has 0 aromatic heterocycles. The van der Waals surface area contributed by atoms with Crippen LogP contribution >= 0.6 is 14.5 Å². The minimum atomic E-state index is -4.70. The van der Waals surface area contributed by atoms with Gasteiger partial charge in [0.15, 0.2) is 0 Å². The normalized spacial score (nSPS) is 11.3. The van der Waals surface area contributed by atoms with Gasteiger partial charge in [-0.1, -0.05) is 97.1 Å². The average molecular weight is 855 g/mol.